The normalized spacial score (nSPS) is 10.3. The van der Waals surface area contributed by atoms with Crippen molar-refractivity contribution in [1.82, 2.24) is 4.98 Å². The standard InChI is InChI=1S/C11H11ClN2S/c1-14(7-9-3-5-15-8-9)10-2-4-13-11(12)6-10/h2-6,8H,7H2,1H3. The largest absolute Gasteiger partial charge is 0.370 e. The Balaban J connectivity index is 2.11. The van der Waals surface area contributed by atoms with Gasteiger partial charge in [-0.05, 0) is 34.5 Å². The molecule has 4 heteroatoms. The third-order valence-corrected chi connectivity index (χ3v) is 3.09. The van der Waals surface area contributed by atoms with Crippen LogP contribution in [0.4, 0.5) is 5.69 Å². The number of hydrogen-bond acceptors (Lipinski definition) is 3. The molecule has 2 aromatic heterocycles. The number of thiophene rings is 1. The van der Waals surface area contributed by atoms with Crippen molar-refractivity contribution in [3.05, 3.63) is 45.9 Å². The minimum absolute atomic E-state index is 0.532. The Labute approximate surface area is 98.1 Å². The first-order valence-electron chi connectivity index (χ1n) is 4.59. The van der Waals surface area contributed by atoms with Crippen molar-refractivity contribution in [1.29, 1.82) is 0 Å². The van der Waals surface area contributed by atoms with Crippen LogP contribution in [-0.4, -0.2) is 12.0 Å². The zero-order valence-corrected chi connectivity index (χ0v) is 9.92. The van der Waals surface area contributed by atoms with E-state index in [9.17, 15) is 0 Å². The summed E-state index contributed by atoms with van der Waals surface area (Å²) in [6.07, 6.45) is 1.72. The van der Waals surface area contributed by atoms with Gasteiger partial charge in [0.1, 0.15) is 5.15 Å². The van der Waals surface area contributed by atoms with Crippen LogP contribution in [0.1, 0.15) is 5.56 Å². The Kier molecular flexibility index (Phi) is 3.23. The molecule has 15 heavy (non-hydrogen) atoms. The number of halogens is 1. The van der Waals surface area contributed by atoms with Crippen LogP contribution < -0.4 is 4.90 Å². The van der Waals surface area contributed by atoms with Crippen LogP contribution in [0.3, 0.4) is 0 Å². The fraction of sp³-hybridized carbons (Fsp3) is 0.182. The third kappa shape index (κ3) is 2.70. The molecule has 2 nitrogen and oxygen atoms in total. The topological polar surface area (TPSA) is 16.1 Å². The lowest BCUT2D eigenvalue weighted by atomic mass is 10.3. The Bertz CT molecular complexity index is 428. The van der Waals surface area contributed by atoms with Crippen molar-refractivity contribution >= 4 is 28.6 Å². The predicted octanol–water partition coefficient (Wildman–Crippen LogP) is 3.43. The van der Waals surface area contributed by atoms with Crippen LogP contribution in [0.5, 0.6) is 0 Å². The van der Waals surface area contributed by atoms with Crippen molar-refractivity contribution in [2.45, 2.75) is 6.54 Å². The van der Waals surface area contributed by atoms with Crippen molar-refractivity contribution in [2.24, 2.45) is 0 Å². The Hall–Kier alpha value is -1.06. The molecule has 0 radical (unpaired) electrons. The number of hydrogen-bond donors (Lipinski definition) is 0. The third-order valence-electron chi connectivity index (χ3n) is 2.15. The first kappa shape index (κ1) is 10.5. The van der Waals surface area contributed by atoms with Gasteiger partial charge in [-0.25, -0.2) is 4.98 Å². The molecule has 0 unspecified atom stereocenters. The lowest BCUT2D eigenvalue weighted by molar-refractivity contribution is 0.925. The average molecular weight is 239 g/mol. The number of aromatic nitrogens is 1. The number of nitrogens with zero attached hydrogens (tertiary/aromatic N) is 2. The van der Waals surface area contributed by atoms with E-state index in [1.807, 2.05) is 19.2 Å². The lowest BCUT2D eigenvalue weighted by Gasteiger charge is -2.18. The summed E-state index contributed by atoms with van der Waals surface area (Å²) in [5.41, 5.74) is 2.40. The molecule has 0 fully saturated rings. The van der Waals surface area contributed by atoms with Gasteiger partial charge >= 0.3 is 0 Å². The fourth-order valence-electron chi connectivity index (χ4n) is 1.38. The Morgan fingerprint density at radius 2 is 2.33 bits per heavy atom. The average Bonchev–Trinajstić information content (AvgIpc) is 2.70. The van der Waals surface area contributed by atoms with Gasteiger partial charge in [-0.3, -0.25) is 0 Å². The van der Waals surface area contributed by atoms with Crippen molar-refractivity contribution < 1.29 is 0 Å². The summed E-state index contributed by atoms with van der Waals surface area (Å²) in [4.78, 5) is 6.11. The molecule has 2 aromatic rings. The zero-order valence-electron chi connectivity index (χ0n) is 8.35. The minimum Gasteiger partial charge on any atom is -0.370 e. The summed E-state index contributed by atoms with van der Waals surface area (Å²) in [5.74, 6) is 0. The maximum absolute atomic E-state index is 5.84. The van der Waals surface area contributed by atoms with E-state index in [4.69, 9.17) is 11.6 Å². The van der Waals surface area contributed by atoms with Crippen molar-refractivity contribution in [2.75, 3.05) is 11.9 Å². The van der Waals surface area contributed by atoms with Gasteiger partial charge in [0.15, 0.2) is 0 Å². The Morgan fingerprint density at radius 1 is 1.47 bits per heavy atom. The molecule has 0 saturated carbocycles. The molecule has 0 bridgehead atoms. The lowest BCUT2D eigenvalue weighted by Crippen LogP contribution is -2.15. The van der Waals surface area contributed by atoms with Crippen LogP contribution >= 0.6 is 22.9 Å². The molecule has 0 aliphatic heterocycles. The highest BCUT2D eigenvalue weighted by Gasteiger charge is 2.03. The summed E-state index contributed by atoms with van der Waals surface area (Å²) in [5, 5.41) is 4.77. The van der Waals surface area contributed by atoms with Crippen molar-refractivity contribution in [3.8, 4) is 0 Å². The summed E-state index contributed by atoms with van der Waals surface area (Å²) in [6.45, 7) is 0.893. The van der Waals surface area contributed by atoms with E-state index in [2.05, 4.69) is 26.7 Å². The molecular formula is C11H11ClN2S. The van der Waals surface area contributed by atoms with Crippen LogP contribution in [0.2, 0.25) is 5.15 Å². The zero-order chi connectivity index (χ0) is 10.7. The van der Waals surface area contributed by atoms with Crippen LogP contribution in [0.15, 0.2) is 35.2 Å². The number of anilines is 1. The molecule has 0 aliphatic rings. The van der Waals surface area contributed by atoms with E-state index < -0.39 is 0 Å². The van der Waals surface area contributed by atoms with E-state index in [1.165, 1.54) is 5.56 Å². The molecule has 0 atom stereocenters. The molecule has 0 amide bonds. The van der Waals surface area contributed by atoms with Crippen LogP contribution in [-0.2, 0) is 6.54 Å². The highest BCUT2D eigenvalue weighted by Crippen LogP contribution is 2.18. The quantitative estimate of drug-likeness (QED) is 0.762. The van der Waals surface area contributed by atoms with Gasteiger partial charge in [-0.15, -0.1) is 0 Å². The molecule has 2 rings (SSSR count). The molecule has 0 aromatic carbocycles. The molecule has 0 spiro atoms. The highest BCUT2D eigenvalue weighted by atomic mass is 35.5. The smallest absolute Gasteiger partial charge is 0.131 e. The van der Waals surface area contributed by atoms with Gasteiger partial charge in [0.2, 0.25) is 0 Å². The predicted molar refractivity (Wildman–Crippen MR) is 65.7 cm³/mol. The molecule has 78 valence electrons. The van der Waals surface area contributed by atoms with Gasteiger partial charge in [0, 0.05) is 25.5 Å². The molecule has 0 N–H and O–H groups in total. The molecule has 2 heterocycles. The van der Waals surface area contributed by atoms with Crippen LogP contribution in [0.25, 0.3) is 0 Å². The van der Waals surface area contributed by atoms with Gasteiger partial charge in [-0.1, -0.05) is 11.6 Å². The highest BCUT2D eigenvalue weighted by molar-refractivity contribution is 7.07. The number of rotatable bonds is 3. The summed E-state index contributed by atoms with van der Waals surface area (Å²) in [6, 6.07) is 5.95. The van der Waals surface area contributed by atoms with Crippen molar-refractivity contribution in [3.63, 3.8) is 0 Å². The van der Waals surface area contributed by atoms with Gasteiger partial charge < -0.3 is 4.90 Å². The summed E-state index contributed by atoms with van der Waals surface area (Å²) >= 11 is 7.55. The molecule has 0 saturated heterocycles. The van der Waals surface area contributed by atoms with E-state index in [0.717, 1.165) is 12.2 Å². The van der Waals surface area contributed by atoms with E-state index in [1.54, 1.807) is 17.5 Å². The minimum atomic E-state index is 0.532. The van der Waals surface area contributed by atoms with Crippen LogP contribution in [0, 0.1) is 0 Å². The number of pyridine rings is 1. The summed E-state index contributed by atoms with van der Waals surface area (Å²) in [7, 11) is 2.04. The van der Waals surface area contributed by atoms with Gasteiger partial charge in [0.05, 0.1) is 0 Å². The SMILES string of the molecule is CN(Cc1ccsc1)c1ccnc(Cl)c1. The van der Waals surface area contributed by atoms with E-state index in [0.29, 0.717) is 5.15 Å². The Morgan fingerprint density at radius 3 is 3.00 bits per heavy atom. The second kappa shape index (κ2) is 4.64. The maximum atomic E-state index is 5.84. The second-order valence-electron chi connectivity index (χ2n) is 3.32. The van der Waals surface area contributed by atoms with Gasteiger partial charge in [-0.2, -0.15) is 11.3 Å². The molecular weight excluding hydrogens is 228 g/mol. The van der Waals surface area contributed by atoms with Gasteiger partial charge in [0.25, 0.3) is 0 Å². The monoisotopic (exact) mass is 238 g/mol. The first-order valence-corrected chi connectivity index (χ1v) is 5.91. The summed E-state index contributed by atoms with van der Waals surface area (Å²) < 4.78 is 0. The first-order chi connectivity index (χ1) is 7.25. The fourth-order valence-corrected chi connectivity index (χ4v) is 2.21. The van der Waals surface area contributed by atoms with E-state index in [-0.39, 0.29) is 0 Å². The maximum Gasteiger partial charge on any atom is 0.131 e. The molecule has 0 aliphatic carbocycles. The van der Waals surface area contributed by atoms with E-state index >= 15 is 0 Å². The second-order valence-corrected chi connectivity index (χ2v) is 4.49.